The molecule has 0 aliphatic rings. The van der Waals surface area contributed by atoms with Gasteiger partial charge >= 0.3 is 0 Å². The van der Waals surface area contributed by atoms with Crippen LogP contribution in [0.2, 0.25) is 0 Å². The van der Waals surface area contributed by atoms with Crippen LogP contribution in [0.5, 0.6) is 5.75 Å². The minimum Gasteiger partial charge on any atom is -0.497 e. The average molecular weight is 377 g/mol. The lowest BCUT2D eigenvalue weighted by molar-refractivity contribution is -0.116. The molecule has 0 fully saturated rings. The molecule has 2 aromatic rings. The number of nitrogens with two attached hydrogens (primary N) is 1. The number of hydrogen-bond donors (Lipinski definition) is 2. The predicted octanol–water partition coefficient (Wildman–Crippen LogP) is 1.80. The van der Waals surface area contributed by atoms with E-state index in [0.29, 0.717) is 18.7 Å². The SMILES string of the molecule is COc1ccc(CN(C)CCC(=O)Nc2ccc(S(N)(=O)=O)cc2)cc1. The molecule has 0 heterocycles. The Labute approximate surface area is 153 Å². The second kappa shape index (κ2) is 8.79. The van der Waals surface area contributed by atoms with Crippen molar-refractivity contribution in [1.29, 1.82) is 0 Å². The molecule has 7 nitrogen and oxygen atoms in total. The maximum atomic E-state index is 12.0. The Bertz CT molecular complexity index is 834. The van der Waals surface area contributed by atoms with Crippen LogP contribution in [-0.4, -0.2) is 39.9 Å². The monoisotopic (exact) mass is 377 g/mol. The van der Waals surface area contributed by atoms with E-state index in [1.165, 1.54) is 24.3 Å². The van der Waals surface area contributed by atoms with Crippen molar-refractivity contribution >= 4 is 21.6 Å². The Morgan fingerprint density at radius 3 is 2.27 bits per heavy atom. The lowest BCUT2D eigenvalue weighted by Gasteiger charge is -2.16. The number of benzene rings is 2. The van der Waals surface area contributed by atoms with Gasteiger partial charge in [0.1, 0.15) is 5.75 Å². The van der Waals surface area contributed by atoms with Gasteiger partial charge in [0.25, 0.3) is 0 Å². The van der Waals surface area contributed by atoms with Crippen LogP contribution in [0, 0.1) is 0 Å². The summed E-state index contributed by atoms with van der Waals surface area (Å²) in [6.07, 6.45) is 0.323. The van der Waals surface area contributed by atoms with Crippen LogP contribution in [0.1, 0.15) is 12.0 Å². The van der Waals surface area contributed by atoms with Crippen LogP contribution in [0.15, 0.2) is 53.4 Å². The molecular formula is C18H23N3O4S. The van der Waals surface area contributed by atoms with Crippen molar-refractivity contribution in [2.24, 2.45) is 5.14 Å². The number of methoxy groups -OCH3 is 1. The van der Waals surface area contributed by atoms with Crippen LogP contribution < -0.4 is 15.2 Å². The van der Waals surface area contributed by atoms with Crippen LogP contribution in [0.4, 0.5) is 5.69 Å². The molecule has 0 atom stereocenters. The molecule has 0 saturated carbocycles. The minimum absolute atomic E-state index is 0.00900. The summed E-state index contributed by atoms with van der Waals surface area (Å²) in [6, 6.07) is 13.5. The molecule has 140 valence electrons. The minimum atomic E-state index is -3.73. The molecule has 0 aliphatic heterocycles. The summed E-state index contributed by atoms with van der Waals surface area (Å²) in [7, 11) is -0.161. The first-order valence-corrected chi connectivity index (χ1v) is 9.57. The zero-order valence-corrected chi connectivity index (χ0v) is 15.6. The van der Waals surface area contributed by atoms with E-state index < -0.39 is 10.0 Å². The molecule has 0 spiro atoms. The third-order valence-electron chi connectivity index (χ3n) is 3.80. The summed E-state index contributed by atoms with van der Waals surface area (Å²) in [6.45, 7) is 1.31. The third-order valence-corrected chi connectivity index (χ3v) is 4.73. The largest absolute Gasteiger partial charge is 0.497 e. The molecule has 0 bridgehead atoms. The van der Waals surface area contributed by atoms with Gasteiger partial charge in [-0.3, -0.25) is 4.79 Å². The number of primary sulfonamides is 1. The standard InChI is InChI=1S/C18H23N3O4S/c1-21(13-14-3-7-16(25-2)8-4-14)12-11-18(22)20-15-5-9-17(10-6-15)26(19,23)24/h3-10H,11-13H2,1-2H3,(H,20,22)(H2,19,23,24). The first-order chi connectivity index (χ1) is 12.3. The molecule has 0 aliphatic carbocycles. The number of carbonyl (C=O) groups excluding carboxylic acids is 1. The van der Waals surface area contributed by atoms with Crippen molar-refractivity contribution in [1.82, 2.24) is 4.90 Å². The van der Waals surface area contributed by atoms with Gasteiger partial charge in [0.2, 0.25) is 15.9 Å². The first-order valence-electron chi connectivity index (χ1n) is 8.02. The normalized spacial score (nSPS) is 11.4. The fourth-order valence-corrected chi connectivity index (χ4v) is 2.88. The lowest BCUT2D eigenvalue weighted by atomic mass is 10.2. The number of sulfonamides is 1. The summed E-state index contributed by atoms with van der Waals surface area (Å²) < 4.78 is 27.5. The van der Waals surface area contributed by atoms with Gasteiger partial charge in [-0.1, -0.05) is 12.1 Å². The summed E-state index contributed by atoms with van der Waals surface area (Å²) >= 11 is 0. The molecule has 2 rings (SSSR count). The molecule has 0 saturated heterocycles. The number of hydrogen-bond acceptors (Lipinski definition) is 5. The summed E-state index contributed by atoms with van der Waals surface area (Å²) in [4.78, 5) is 14.1. The van der Waals surface area contributed by atoms with E-state index in [2.05, 4.69) is 5.32 Å². The van der Waals surface area contributed by atoms with Crippen molar-refractivity contribution in [3.05, 3.63) is 54.1 Å². The van der Waals surface area contributed by atoms with E-state index >= 15 is 0 Å². The molecular weight excluding hydrogens is 354 g/mol. The Kier molecular flexibility index (Phi) is 6.73. The highest BCUT2D eigenvalue weighted by molar-refractivity contribution is 7.89. The molecule has 1 amide bonds. The third kappa shape index (κ3) is 6.14. The van der Waals surface area contributed by atoms with Gasteiger partial charge in [0.15, 0.2) is 0 Å². The number of nitrogens with zero attached hydrogens (tertiary/aromatic N) is 1. The molecule has 2 aromatic carbocycles. The molecule has 26 heavy (non-hydrogen) atoms. The van der Waals surface area contributed by atoms with E-state index in [1.54, 1.807) is 7.11 Å². The number of anilines is 1. The first kappa shape index (κ1) is 19.9. The topological polar surface area (TPSA) is 102 Å². The van der Waals surface area contributed by atoms with E-state index in [-0.39, 0.29) is 10.8 Å². The molecule has 3 N–H and O–H groups in total. The van der Waals surface area contributed by atoms with Crippen molar-refractivity contribution in [2.45, 2.75) is 17.9 Å². The Morgan fingerprint density at radius 1 is 1.12 bits per heavy atom. The highest BCUT2D eigenvalue weighted by atomic mass is 32.2. The van der Waals surface area contributed by atoms with Crippen LogP contribution in [0.3, 0.4) is 0 Å². The second-order valence-corrected chi connectivity index (χ2v) is 7.51. The summed E-state index contributed by atoms with van der Waals surface area (Å²) in [5, 5.41) is 7.78. The Balaban J connectivity index is 1.80. The molecule has 0 unspecified atom stereocenters. The Morgan fingerprint density at radius 2 is 1.73 bits per heavy atom. The lowest BCUT2D eigenvalue weighted by Crippen LogP contribution is -2.24. The van der Waals surface area contributed by atoms with Gasteiger partial charge < -0.3 is 15.0 Å². The molecule has 0 aromatic heterocycles. The zero-order valence-electron chi connectivity index (χ0n) is 14.8. The van der Waals surface area contributed by atoms with E-state index in [0.717, 1.165) is 17.9 Å². The van der Waals surface area contributed by atoms with Gasteiger partial charge in [-0.05, 0) is 49.0 Å². The maximum Gasteiger partial charge on any atom is 0.238 e. The van der Waals surface area contributed by atoms with E-state index in [4.69, 9.17) is 9.88 Å². The highest BCUT2D eigenvalue weighted by Crippen LogP contribution is 2.14. The number of amides is 1. The zero-order chi connectivity index (χ0) is 19.2. The predicted molar refractivity (Wildman–Crippen MR) is 100 cm³/mol. The highest BCUT2D eigenvalue weighted by Gasteiger charge is 2.09. The number of nitrogens with one attached hydrogen (secondary N) is 1. The number of ether oxygens (including phenoxy) is 1. The summed E-state index contributed by atoms with van der Waals surface area (Å²) in [5.74, 6) is 0.666. The van der Waals surface area contributed by atoms with Crippen molar-refractivity contribution in [2.75, 3.05) is 26.0 Å². The second-order valence-electron chi connectivity index (χ2n) is 5.95. The number of rotatable bonds is 8. The molecule has 8 heteroatoms. The molecule has 0 radical (unpaired) electrons. The van der Waals surface area contributed by atoms with Crippen molar-refractivity contribution < 1.29 is 17.9 Å². The average Bonchev–Trinajstić information content (AvgIpc) is 2.60. The van der Waals surface area contributed by atoms with Gasteiger partial charge in [-0.25, -0.2) is 13.6 Å². The van der Waals surface area contributed by atoms with Crippen molar-refractivity contribution in [3.63, 3.8) is 0 Å². The maximum absolute atomic E-state index is 12.0. The van der Waals surface area contributed by atoms with Gasteiger partial charge in [-0.15, -0.1) is 0 Å². The number of carbonyl (C=O) groups is 1. The van der Waals surface area contributed by atoms with Gasteiger partial charge in [0.05, 0.1) is 12.0 Å². The fraction of sp³-hybridized carbons (Fsp3) is 0.278. The van der Waals surface area contributed by atoms with Crippen LogP contribution >= 0.6 is 0 Å². The smallest absolute Gasteiger partial charge is 0.238 e. The van der Waals surface area contributed by atoms with E-state index in [1.807, 2.05) is 36.2 Å². The summed E-state index contributed by atoms with van der Waals surface area (Å²) in [5.41, 5.74) is 1.66. The quantitative estimate of drug-likeness (QED) is 0.730. The Hall–Kier alpha value is -2.42. The van der Waals surface area contributed by atoms with Crippen LogP contribution in [-0.2, 0) is 21.4 Å². The van der Waals surface area contributed by atoms with Crippen LogP contribution in [0.25, 0.3) is 0 Å². The fourth-order valence-electron chi connectivity index (χ4n) is 2.37. The van der Waals surface area contributed by atoms with E-state index in [9.17, 15) is 13.2 Å². The van der Waals surface area contributed by atoms with Gasteiger partial charge in [0, 0.05) is 25.2 Å². The van der Waals surface area contributed by atoms with Crippen molar-refractivity contribution in [3.8, 4) is 5.75 Å². The van der Waals surface area contributed by atoms with Gasteiger partial charge in [-0.2, -0.15) is 0 Å².